The van der Waals surface area contributed by atoms with Crippen LogP contribution in [-0.4, -0.2) is 117 Å². The third-order valence-corrected chi connectivity index (χ3v) is 17.9. The summed E-state index contributed by atoms with van der Waals surface area (Å²) < 4.78 is 193. The highest BCUT2D eigenvalue weighted by Gasteiger charge is 2.58. The molecular formula is C47H51ClF10N4O11S2. The molecule has 28 heteroatoms. The molecule has 414 valence electrons. The van der Waals surface area contributed by atoms with Gasteiger partial charge in [0, 0.05) is 75.8 Å². The van der Waals surface area contributed by atoms with Gasteiger partial charge in [-0.15, -0.1) is 12.4 Å². The van der Waals surface area contributed by atoms with Crippen LogP contribution in [-0.2, 0) is 61.2 Å². The number of aromatic nitrogens is 2. The van der Waals surface area contributed by atoms with E-state index in [2.05, 4.69) is 15.4 Å². The number of nitrogens with one attached hydrogen (secondary N) is 2. The molecular weight excluding hydrogens is 1090 g/mol. The molecule has 75 heavy (non-hydrogen) atoms. The van der Waals surface area contributed by atoms with Crippen molar-refractivity contribution in [3.63, 3.8) is 0 Å². The second kappa shape index (κ2) is 24.5. The van der Waals surface area contributed by atoms with Gasteiger partial charge in [0.1, 0.15) is 0 Å². The van der Waals surface area contributed by atoms with E-state index in [9.17, 15) is 70.3 Å². The van der Waals surface area contributed by atoms with Gasteiger partial charge >= 0.3 is 24.2 Å². The van der Waals surface area contributed by atoms with E-state index >= 15 is 0 Å². The van der Waals surface area contributed by atoms with E-state index in [0.717, 1.165) is 12.8 Å². The zero-order valence-corrected chi connectivity index (χ0v) is 41.9. The summed E-state index contributed by atoms with van der Waals surface area (Å²) in [5.41, 5.74) is 5.73. The van der Waals surface area contributed by atoms with Crippen LogP contribution in [0.25, 0.3) is 22.5 Å². The average Bonchev–Trinajstić information content (AvgIpc) is 3.39. The van der Waals surface area contributed by atoms with Gasteiger partial charge in [0.25, 0.3) is 11.8 Å². The lowest BCUT2D eigenvalue weighted by Gasteiger charge is -2.35. The van der Waals surface area contributed by atoms with Crippen LogP contribution in [0.5, 0.6) is 0 Å². The largest absolute Gasteiger partial charge is 0.453 e. The second-order valence-electron chi connectivity index (χ2n) is 17.6. The molecule has 5 heterocycles. The second-order valence-corrected chi connectivity index (χ2v) is 22.1. The number of benzene rings is 2. The molecule has 4 aromatic rings. The van der Waals surface area contributed by atoms with E-state index in [1.54, 1.807) is 0 Å². The summed E-state index contributed by atoms with van der Waals surface area (Å²) in [6.45, 7) is 0.660. The first-order valence-corrected chi connectivity index (χ1v) is 25.8. The third-order valence-electron chi connectivity index (χ3n) is 12.8. The molecule has 2 amide bonds. The molecule has 3 aliphatic rings. The lowest BCUT2D eigenvalue weighted by Crippen LogP contribution is -2.56. The molecule has 0 radical (unpaired) electrons. The summed E-state index contributed by atoms with van der Waals surface area (Å²) in [6, 6.07) is 16.6. The van der Waals surface area contributed by atoms with E-state index in [1.165, 1.54) is 90.7 Å². The molecule has 3 aliphatic heterocycles. The van der Waals surface area contributed by atoms with Crippen molar-refractivity contribution in [1.82, 2.24) is 20.9 Å². The fourth-order valence-electron chi connectivity index (χ4n) is 8.19. The Labute approximate surface area is 430 Å². The van der Waals surface area contributed by atoms with Crippen LogP contribution in [0.2, 0.25) is 0 Å². The van der Waals surface area contributed by atoms with Crippen molar-refractivity contribution >= 4 is 43.9 Å². The van der Waals surface area contributed by atoms with Crippen molar-refractivity contribution in [3.8, 4) is 22.5 Å². The molecule has 15 nitrogen and oxygen atoms in total. The summed E-state index contributed by atoms with van der Waals surface area (Å²) in [5, 5.41) is 9.09. The maximum atomic E-state index is 13.8. The normalized spacial score (nSPS) is 18.4. The van der Waals surface area contributed by atoms with Gasteiger partial charge in [-0.2, -0.15) is 43.9 Å². The van der Waals surface area contributed by atoms with E-state index in [-0.39, 0.29) is 85.4 Å². The first-order chi connectivity index (χ1) is 34.7. The Morgan fingerprint density at radius 1 is 0.600 bits per heavy atom. The van der Waals surface area contributed by atoms with Gasteiger partial charge in [-0.25, -0.2) is 32.6 Å². The number of rotatable bonds is 16. The molecule has 0 aliphatic carbocycles. The summed E-state index contributed by atoms with van der Waals surface area (Å²) in [4.78, 5) is 38.8. The van der Waals surface area contributed by atoms with Crippen molar-refractivity contribution in [3.05, 3.63) is 96.3 Å². The zero-order chi connectivity index (χ0) is 54.2. The fraction of sp³-hybridized carbons (Fsp3) is 0.489. The van der Waals surface area contributed by atoms with Gasteiger partial charge in [0.2, 0.25) is 0 Å². The molecule has 3 saturated heterocycles. The Kier molecular flexibility index (Phi) is 19.9. The maximum Gasteiger partial charge on any atom is 0.453 e. The van der Waals surface area contributed by atoms with Crippen molar-refractivity contribution in [2.24, 2.45) is 0 Å². The fourth-order valence-corrected chi connectivity index (χ4v) is 12.1. The standard InChI is InChI=1S/C26H29F5N2O6S.C21H21F5N2O5S.ClH/c27-25(28,26(29,30)31)11-10-18-4-9-21(32-17-18)19-5-7-20(8-6-19)40(35,36)24(12-15-37-16-13-24)23(34)33-39-22-3-1-2-14-38-22;22-20(23,21(24,25)26)8-7-14-1-6-17(27-13-14)15-2-4-16(5-3-15)34(31,32)19(18(29)28-30)9-11-33-12-10-19;/h4-9,17,22H,1-3,10-16H2,(H,33,34);1-6,13,30H,7-12H2,(H,28,29);1H. The Morgan fingerprint density at radius 3 is 1.33 bits per heavy atom. The number of nitrogens with zero attached hydrogens (tertiary/aromatic N) is 2. The van der Waals surface area contributed by atoms with Crippen LogP contribution < -0.4 is 11.0 Å². The van der Waals surface area contributed by atoms with Crippen molar-refractivity contribution in [2.45, 2.75) is 120 Å². The van der Waals surface area contributed by atoms with Gasteiger partial charge in [-0.3, -0.25) is 24.8 Å². The number of sulfone groups is 2. The van der Waals surface area contributed by atoms with Gasteiger partial charge in [0.15, 0.2) is 35.5 Å². The molecule has 0 bridgehead atoms. The van der Waals surface area contributed by atoms with Crippen LogP contribution in [0, 0.1) is 0 Å². The van der Waals surface area contributed by atoms with Crippen LogP contribution in [0.1, 0.15) is 68.9 Å². The Balaban J connectivity index is 0.000000277. The minimum Gasteiger partial charge on any atom is -0.381 e. The van der Waals surface area contributed by atoms with Crippen LogP contribution in [0.4, 0.5) is 43.9 Å². The number of carbonyl (C=O) groups is 2. The number of hydrogen-bond acceptors (Lipinski definition) is 13. The lowest BCUT2D eigenvalue weighted by molar-refractivity contribution is -0.284. The number of alkyl halides is 10. The lowest BCUT2D eigenvalue weighted by atomic mass is 9.98. The Hall–Kier alpha value is -5.03. The molecule has 0 saturated carbocycles. The van der Waals surface area contributed by atoms with Gasteiger partial charge in [-0.1, -0.05) is 36.4 Å². The van der Waals surface area contributed by atoms with E-state index in [1.807, 2.05) is 0 Å². The number of hydrogen-bond donors (Lipinski definition) is 3. The predicted molar refractivity (Wildman–Crippen MR) is 248 cm³/mol. The topological polar surface area (TPSA) is 209 Å². The zero-order valence-electron chi connectivity index (χ0n) is 39.4. The molecule has 0 spiro atoms. The van der Waals surface area contributed by atoms with E-state index in [4.69, 9.17) is 24.3 Å². The predicted octanol–water partition coefficient (Wildman–Crippen LogP) is 8.91. The average molecular weight is 1140 g/mol. The van der Waals surface area contributed by atoms with Crippen molar-refractivity contribution < 1.29 is 94.6 Å². The van der Waals surface area contributed by atoms with Gasteiger partial charge < -0.3 is 14.2 Å². The summed E-state index contributed by atoms with van der Waals surface area (Å²) in [5.74, 6) is -11.5. The Morgan fingerprint density at radius 2 is 1.00 bits per heavy atom. The summed E-state index contributed by atoms with van der Waals surface area (Å²) in [7, 11) is -8.42. The van der Waals surface area contributed by atoms with Gasteiger partial charge in [-0.05, 0) is 98.9 Å². The highest BCUT2D eigenvalue weighted by molar-refractivity contribution is 7.94. The van der Waals surface area contributed by atoms with Crippen molar-refractivity contribution in [1.29, 1.82) is 0 Å². The molecule has 1 atom stereocenters. The van der Waals surface area contributed by atoms with E-state index < -0.39 is 97.2 Å². The van der Waals surface area contributed by atoms with E-state index in [0.29, 0.717) is 35.5 Å². The maximum absolute atomic E-state index is 13.8. The Bertz CT molecular complexity index is 2760. The van der Waals surface area contributed by atoms with Gasteiger partial charge in [0.05, 0.1) is 21.2 Å². The molecule has 3 fully saturated rings. The number of pyridine rings is 2. The third kappa shape index (κ3) is 13.8. The number of hydroxylamine groups is 2. The highest BCUT2D eigenvalue weighted by Crippen LogP contribution is 2.41. The quantitative estimate of drug-likeness (QED) is 0.0545. The van der Waals surface area contributed by atoms with Crippen LogP contribution in [0.15, 0.2) is 95.0 Å². The molecule has 7 rings (SSSR count). The molecule has 3 N–H and O–H groups in total. The monoisotopic (exact) mass is 1140 g/mol. The molecule has 2 aromatic carbocycles. The molecule has 2 aromatic heterocycles. The minimum atomic E-state index is -5.62. The summed E-state index contributed by atoms with van der Waals surface area (Å²) >= 11 is 0. The highest BCUT2D eigenvalue weighted by atomic mass is 35.5. The number of amides is 2. The smallest absolute Gasteiger partial charge is 0.381 e. The SMILES string of the molecule is Cl.O=C(NO)C1(S(=O)(=O)c2ccc(-c3ccc(CCC(F)(F)C(F)(F)F)cn3)cc2)CCOCC1.O=C(NOC1CCCCO1)C1(S(=O)(=O)c2ccc(-c3ccc(CCC(F)(F)C(F)(F)F)cn3)cc2)CCOCC1. The number of halogens is 11. The van der Waals surface area contributed by atoms with Crippen LogP contribution >= 0.6 is 12.4 Å². The number of ether oxygens (including phenoxy) is 3. The van der Waals surface area contributed by atoms with Crippen molar-refractivity contribution in [2.75, 3.05) is 33.0 Å². The number of carbonyl (C=O) groups excluding carboxylic acids is 2. The summed E-state index contributed by atoms with van der Waals surface area (Å²) in [6.07, 6.45) is -11.5. The minimum absolute atomic E-state index is 0. The first kappa shape index (κ1) is 60.8. The number of aryl methyl sites for hydroxylation is 2. The van der Waals surface area contributed by atoms with Crippen LogP contribution in [0.3, 0.4) is 0 Å². The molecule has 1 unspecified atom stereocenters. The first-order valence-electron chi connectivity index (χ1n) is 22.9.